The molecule has 0 radical (unpaired) electrons. The molecule has 1 aliphatic heterocycles. The van der Waals surface area contributed by atoms with Crippen LogP contribution in [0.3, 0.4) is 0 Å². The number of hydrogen-bond acceptors (Lipinski definition) is 3. The molecule has 1 saturated heterocycles. The Hall–Kier alpha value is -2.11. The average molecular weight is 377 g/mol. The Morgan fingerprint density at radius 1 is 1.15 bits per heavy atom. The van der Waals surface area contributed by atoms with Crippen LogP contribution in [-0.2, 0) is 4.79 Å². The summed E-state index contributed by atoms with van der Waals surface area (Å²) >= 11 is 6.26. The Morgan fingerprint density at radius 3 is 2.58 bits per heavy atom. The summed E-state index contributed by atoms with van der Waals surface area (Å²) in [5, 5.41) is 3.24. The zero-order valence-electron chi connectivity index (χ0n) is 14.5. The van der Waals surface area contributed by atoms with E-state index in [1.54, 1.807) is 24.3 Å². The minimum Gasteiger partial charge on any atom is -0.484 e. The lowest BCUT2D eigenvalue weighted by Gasteiger charge is -2.29. The molecule has 1 N–H and O–H groups in total. The van der Waals surface area contributed by atoms with Gasteiger partial charge in [0.1, 0.15) is 11.6 Å². The Balaban J connectivity index is 1.64. The van der Waals surface area contributed by atoms with Crippen LogP contribution in [0.25, 0.3) is 0 Å². The summed E-state index contributed by atoms with van der Waals surface area (Å²) in [7, 11) is 0. The number of benzene rings is 2. The molecular formula is C20H22ClFN2O2. The van der Waals surface area contributed by atoms with Crippen molar-refractivity contribution in [3.63, 3.8) is 0 Å². The number of carbonyl (C=O) groups excluding carboxylic acids is 1. The SMILES string of the molecule is O=C(COc1ccccc1)NCC(c1c(F)cccc1Cl)N1CCCC1. The monoisotopic (exact) mass is 376 g/mol. The van der Waals surface area contributed by atoms with Crippen LogP contribution < -0.4 is 10.1 Å². The van der Waals surface area contributed by atoms with E-state index >= 15 is 0 Å². The van der Waals surface area contributed by atoms with Crippen LogP contribution in [0, 0.1) is 5.82 Å². The Kier molecular flexibility index (Phi) is 6.47. The molecule has 6 heteroatoms. The first kappa shape index (κ1) is 18.7. The molecule has 1 atom stereocenters. The standard InChI is InChI=1S/C20H22ClFN2O2/c21-16-9-6-10-17(22)20(16)18(24-11-4-5-12-24)13-23-19(25)14-26-15-7-2-1-3-8-15/h1-3,6-10,18H,4-5,11-14H2,(H,23,25). The van der Waals surface area contributed by atoms with Gasteiger partial charge >= 0.3 is 0 Å². The highest BCUT2D eigenvalue weighted by molar-refractivity contribution is 6.31. The van der Waals surface area contributed by atoms with Crippen molar-refractivity contribution in [2.75, 3.05) is 26.2 Å². The van der Waals surface area contributed by atoms with Crippen LogP contribution >= 0.6 is 11.6 Å². The third-order valence-corrected chi connectivity index (χ3v) is 4.85. The molecule has 0 saturated carbocycles. The van der Waals surface area contributed by atoms with Gasteiger partial charge in [-0.05, 0) is 50.2 Å². The van der Waals surface area contributed by atoms with Crippen molar-refractivity contribution in [1.29, 1.82) is 0 Å². The van der Waals surface area contributed by atoms with E-state index in [0.29, 0.717) is 16.3 Å². The number of nitrogens with zero attached hydrogens (tertiary/aromatic N) is 1. The molecular weight excluding hydrogens is 355 g/mol. The second-order valence-electron chi connectivity index (χ2n) is 6.30. The number of para-hydroxylation sites is 1. The highest BCUT2D eigenvalue weighted by Crippen LogP contribution is 2.31. The van der Waals surface area contributed by atoms with Gasteiger partial charge in [0.15, 0.2) is 6.61 Å². The molecule has 26 heavy (non-hydrogen) atoms. The van der Waals surface area contributed by atoms with Crippen molar-refractivity contribution in [1.82, 2.24) is 10.2 Å². The number of halogens is 2. The highest BCUT2D eigenvalue weighted by atomic mass is 35.5. The zero-order chi connectivity index (χ0) is 18.4. The Bertz CT molecular complexity index is 716. The van der Waals surface area contributed by atoms with E-state index in [4.69, 9.17) is 16.3 Å². The molecule has 0 aliphatic carbocycles. The van der Waals surface area contributed by atoms with Gasteiger partial charge in [0.25, 0.3) is 5.91 Å². The molecule has 2 aromatic carbocycles. The molecule has 3 rings (SSSR count). The molecule has 2 aromatic rings. The van der Waals surface area contributed by atoms with Gasteiger partial charge in [-0.1, -0.05) is 35.9 Å². The molecule has 0 spiro atoms. The maximum atomic E-state index is 14.4. The number of likely N-dealkylation sites (tertiary alicyclic amines) is 1. The molecule has 1 amide bonds. The van der Waals surface area contributed by atoms with Crippen LogP contribution in [-0.4, -0.2) is 37.0 Å². The maximum absolute atomic E-state index is 14.4. The van der Waals surface area contributed by atoms with E-state index in [1.165, 1.54) is 6.07 Å². The van der Waals surface area contributed by atoms with Gasteiger partial charge < -0.3 is 10.1 Å². The smallest absolute Gasteiger partial charge is 0.258 e. The lowest BCUT2D eigenvalue weighted by Crippen LogP contribution is -2.39. The first-order valence-electron chi connectivity index (χ1n) is 8.77. The van der Waals surface area contributed by atoms with E-state index < -0.39 is 0 Å². The van der Waals surface area contributed by atoms with Gasteiger partial charge in [0.05, 0.1) is 6.04 Å². The van der Waals surface area contributed by atoms with Crippen LogP contribution in [0.1, 0.15) is 24.4 Å². The summed E-state index contributed by atoms with van der Waals surface area (Å²) in [5.74, 6) is 0.0468. The van der Waals surface area contributed by atoms with Gasteiger partial charge in [0.2, 0.25) is 0 Å². The van der Waals surface area contributed by atoms with Crippen molar-refractivity contribution in [2.24, 2.45) is 0 Å². The van der Waals surface area contributed by atoms with E-state index in [1.807, 2.05) is 18.2 Å². The second kappa shape index (κ2) is 9.01. The molecule has 1 fully saturated rings. The van der Waals surface area contributed by atoms with Gasteiger partial charge in [-0.3, -0.25) is 9.69 Å². The summed E-state index contributed by atoms with van der Waals surface area (Å²) in [6.07, 6.45) is 2.13. The van der Waals surface area contributed by atoms with Gasteiger partial charge in [-0.2, -0.15) is 0 Å². The predicted molar refractivity (Wildman–Crippen MR) is 99.9 cm³/mol. The number of ether oxygens (including phenoxy) is 1. The first-order chi connectivity index (χ1) is 12.6. The number of amides is 1. The predicted octanol–water partition coefficient (Wildman–Crippen LogP) is 3.81. The fourth-order valence-electron chi connectivity index (χ4n) is 3.22. The quantitative estimate of drug-likeness (QED) is 0.798. The number of nitrogens with one attached hydrogen (secondary N) is 1. The van der Waals surface area contributed by atoms with Crippen molar-refractivity contribution in [3.8, 4) is 5.75 Å². The molecule has 0 aromatic heterocycles. The van der Waals surface area contributed by atoms with E-state index in [9.17, 15) is 9.18 Å². The van der Waals surface area contributed by atoms with Crippen LogP contribution in [0.5, 0.6) is 5.75 Å². The average Bonchev–Trinajstić information content (AvgIpc) is 3.17. The van der Waals surface area contributed by atoms with Crippen LogP contribution in [0.2, 0.25) is 5.02 Å². The van der Waals surface area contributed by atoms with Crippen LogP contribution in [0.4, 0.5) is 4.39 Å². The summed E-state index contributed by atoms with van der Waals surface area (Å²) in [6, 6.07) is 13.5. The summed E-state index contributed by atoms with van der Waals surface area (Å²) in [4.78, 5) is 14.3. The third-order valence-electron chi connectivity index (χ3n) is 4.52. The zero-order valence-corrected chi connectivity index (χ0v) is 15.2. The van der Waals surface area contributed by atoms with Crippen molar-refractivity contribution in [3.05, 3.63) is 64.9 Å². The molecule has 138 valence electrons. The Morgan fingerprint density at radius 2 is 1.88 bits per heavy atom. The van der Waals surface area contributed by atoms with Gasteiger partial charge in [-0.25, -0.2) is 4.39 Å². The molecule has 1 heterocycles. The number of rotatable bonds is 7. The summed E-state index contributed by atoms with van der Waals surface area (Å²) < 4.78 is 19.9. The molecule has 1 unspecified atom stereocenters. The van der Waals surface area contributed by atoms with Gasteiger partial charge in [0, 0.05) is 17.1 Å². The van der Waals surface area contributed by atoms with E-state index in [2.05, 4.69) is 10.2 Å². The summed E-state index contributed by atoms with van der Waals surface area (Å²) in [5.41, 5.74) is 0.445. The first-order valence-corrected chi connectivity index (χ1v) is 9.15. The van der Waals surface area contributed by atoms with Crippen molar-refractivity contribution >= 4 is 17.5 Å². The maximum Gasteiger partial charge on any atom is 0.258 e. The van der Waals surface area contributed by atoms with Crippen molar-refractivity contribution in [2.45, 2.75) is 18.9 Å². The highest BCUT2D eigenvalue weighted by Gasteiger charge is 2.28. The topological polar surface area (TPSA) is 41.6 Å². The summed E-state index contributed by atoms with van der Waals surface area (Å²) in [6.45, 7) is 1.94. The van der Waals surface area contributed by atoms with E-state index in [-0.39, 0.29) is 30.9 Å². The molecule has 4 nitrogen and oxygen atoms in total. The van der Waals surface area contributed by atoms with Gasteiger partial charge in [-0.15, -0.1) is 0 Å². The Labute approximate surface area is 157 Å². The minimum atomic E-state index is -0.343. The molecule has 1 aliphatic rings. The largest absolute Gasteiger partial charge is 0.484 e. The van der Waals surface area contributed by atoms with Crippen molar-refractivity contribution < 1.29 is 13.9 Å². The number of carbonyl (C=O) groups is 1. The third kappa shape index (κ3) is 4.74. The number of hydrogen-bond donors (Lipinski definition) is 1. The molecule has 0 bridgehead atoms. The fraction of sp³-hybridized carbons (Fsp3) is 0.350. The lowest BCUT2D eigenvalue weighted by atomic mass is 10.0. The lowest BCUT2D eigenvalue weighted by molar-refractivity contribution is -0.123. The van der Waals surface area contributed by atoms with Crippen LogP contribution in [0.15, 0.2) is 48.5 Å². The minimum absolute atomic E-state index is 0.0816. The van der Waals surface area contributed by atoms with E-state index in [0.717, 1.165) is 25.9 Å². The second-order valence-corrected chi connectivity index (χ2v) is 6.71. The normalized spacial score (nSPS) is 15.6. The fourth-order valence-corrected chi connectivity index (χ4v) is 3.51.